The van der Waals surface area contributed by atoms with Crippen molar-refractivity contribution in [3.05, 3.63) is 66.0 Å². The highest BCUT2D eigenvalue weighted by Gasteiger charge is 2.19. The number of nitrogens with zero attached hydrogens (tertiary/aromatic N) is 5. The summed E-state index contributed by atoms with van der Waals surface area (Å²) >= 11 is 0. The standard InChI is InChI=1S/C23H24N6O3S/c1-15-21(23-28-27-22(32-23)18-7-5-16(6-8-18)13-24-2)26-20(14-25-15)17-9-11-19(12-10-17)33(30,31)29(3)4/h5-12,14,24H,13H2,1-4H3. The third kappa shape index (κ3) is 4.68. The summed E-state index contributed by atoms with van der Waals surface area (Å²) < 4.78 is 31.7. The van der Waals surface area contributed by atoms with Gasteiger partial charge in [-0.15, -0.1) is 10.2 Å². The predicted molar refractivity (Wildman–Crippen MR) is 125 cm³/mol. The lowest BCUT2D eigenvalue weighted by atomic mass is 10.1. The molecule has 10 heteroatoms. The fourth-order valence-corrected chi connectivity index (χ4v) is 4.11. The van der Waals surface area contributed by atoms with E-state index >= 15 is 0 Å². The van der Waals surface area contributed by atoms with Crippen LogP contribution in [0.4, 0.5) is 0 Å². The molecule has 0 bridgehead atoms. The zero-order chi connectivity index (χ0) is 23.6. The van der Waals surface area contributed by atoms with Crippen molar-refractivity contribution in [2.75, 3.05) is 21.1 Å². The summed E-state index contributed by atoms with van der Waals surface area (Å²) in [4.78, 5) is 9.29. The minimum atomic E-state index is -3.50. The number of sulfonamides is 1. The van der Waals surface area contributed by atoms with Gasteiger partial charge in [-0.2, -0.15) is 0 Å². The van der Waals surface area contributed by atoms with Gasteiger partial charge in [-0.25, -0.2) is 17.7 Å². The maximum Gasteiger partial charge on any atom is 0.268 e. The second-order valence-corrected chi connectivity index (χ2v) is 9.79. The summed E-state index contributed by atoms with van der Waals surface area (Å²) in [5.41, 5.74) is 4.38. The minimum absolute atomic E-state index is 0.207. The van der Waals surface area contributed by atoms with E-state index in [0.717, 1.165) is 23.2 Å². The molecule has 0 spiro atoms. The van der Waals surface area contributed by atoms with E-state index in [1.165, 1.54) is 18.4 Å². The zero-order valence-corrected chi connectivity index (χ0v) is 19.6. The first-order valence-corrected chi connectivity index (χ1v) is 11.7. The Morgan fingerprint density at radius 2 is 1.58 bits per heavy atom. The van der Waals surface area contributed by atoms with E-state index < -0.39 is 10.0 Å². The monoisotopic (exact) mass is 464 g/mol. The predicted octanol–water partition coefficient (Wildman–Crippen LogP) is 3.14. The minimum Gasteiger partial charge on any atom is -0.415 e. The average Bonchev–Trinajstić information content (AvgIpc) is 3.30. The number of aryl methyl sites for hydroxylation is 1. The van der Waals surface area contributed by atoms with Gasteiger partial charge >= 0.3 is 0 Å². The van der Waals surface area contributed by atoms with Crippen LogP contribution in [-0.4, -0.2) is 54.0 Å². The molecule has 4 rings (SSSR count). The van der Waals surface area contributed by atoms with Gasteiger partial charge in [-0.1, -0.05) is 24.3 Å². The van der Waals surface area contributed by atoms with Crippen LogP contribution in [0.5, 0.6) is 0 Å². The first kappa shape index (κ1) is 22.7. The van der Waals surface area contributed by atoms with Crippen LogP contribution in [0.1, 0.15) is 11.3 Å². The maximum atomic E-state index is 12.3. The Morgan fingerprint density at radius 3 is 2.21 bits per heavy atom. The van der Waals surface area contributed by atoms with Crippen LogP contribution in [0, 0.1) is 6.92 Å². The zero-order valence-electron chi connectivity index (χ0n) is 18.8. The maximum absolute atomic E-state index is 12.3. The second-order valence-electron chi connectivity index (χ2n) is 7.64. The first-order valence-electron chi connectivity index (χ1n) is 10.2. The van der Waals surface area contributed by atoms with Gasteiger partial charge in [-0.3, -0.25) is 4.98 Å². The molecule has 2 heterocycles. The molecule has 2 aromatic carbocycles. The van der Waals surface area contributed by atoms with Gasteiger partial charge < -0.3 is 9.73 Å². The molecule has 0 amide bonds. The van der Waals surface area contributed by atoms with E-state index in [4.69, 9.17) is 4.42 Å². The van der Waals surface area contributed by atoms with Gasteiger partial charge in [0, 0.05) is 31.8 Å². The van der Waals surface area contributed by atoms with Crippen LogP contribution < -0.4 is 5.32 Å². The number of aromatic nitrogens is 4. The van der Waals surface area contributed by atoms with Crippen LogP contribution in [0.15, 0.2) is 64.0 Å². The van der Waals surface area contributed by atoms with Crippen LogP contribution in [0.25, 0.3) is 34.3 Å². The van der Waals surface area contributed by atoms with Gasteiger partial charge in [-0.05, 0) is 43.8 Å². The Balaban J connectivity index is 1.63. The molecule has 0 unspecified atom stereocenters. The van der Waals surface area contributed by atoms with Crippen molar-refractivity contribution >= 4 is 10.0 Å². The summed E-state index contributed by atoms with van der Waals surface area (Å²) in [5.74, 6) is 0.661. The molecule has 0 saturated heterocycles. The molecular formula is C23H24N6O3S. The average molecular weight is 465 g/mol. The fourth-order valence-electron chi connectivity index (χ4n) is 3.20. The van der Waals surface area contributed by atoms with Gasteiger partial charge in [0.05, 0.1) is 22.5 Å². The molecule has 0 aliphatic rings. The van der Waals surface area contributed by atoms with Crippen LogP contribution in [-0.2, 0) is 16.6 Å². The van der Waals surface area contributed by atoms with Gasteiger partial charge in [0.25, 0.3) is 5.89 Å². The van der Waals surface area contributed by atoms with Crippen LogP contribution in [0.3, 0.4) is 0 Å². The lowest BCUT2D eigenvalue weighted by Crippen LogP contribution is -2.22. The molecule has 0 aliphatic carbocycles. The van der Waals surface area contributed by atoms with Crippen molar-refractivity contribution in [2.45, 2.75) is 18.4 Å². The highest BCUT2D eigenvalue weighted by Crippen LogP contribution is 2.27. The third-order valence-corrected chi connectivity index (χ3v) is 6.92. The molecule has 0 fully saturated rings. The molecule has 170 valence electrons. The van der Waals surface area contributed by atoms with E-state index in [0.29, 0.717) is 23.0 Å². The van der Waals surface area contributed by atoms with Crippen molar-refractivity contribution < 1.29 is 12.8 Å². The lowest BCUT2D eigenvalue weighted by molar-refractivity contribution is 0.521. The molecule has 0 atom stereocenters. The van der Waals surface area contributed by atoms with E-state index in [2.05, 4.69) is 25.5 Å². The normalized spacial score (nSPS) is 11.8. The SMILES string of the molecule is CNCc1ccc(-c2nnc(-c3nc(-c4ccc(S(=O)(=O)N(C)C)cc4)cnc3C)o2)cc1. The van der Waals surface area contributed by atoms with E-state index in [1.807, 2.05) is 38.2 Å². The first-order chi connectivity index (χ1) is 15.8. The Kier molecular flexibility index (Phi) is 6.32. The molecule has 0 aliphatic heterocycles. The topological polar surface area (TPSA) is 114 Å². The van der Waals surface area contributed by atoms with Crippen molar-refractivity contribution in [3.63, 3.8) is 0 Å². The number of hydrogen-bond acceptors (Lipinski definition) is 8. The van der Waals surface area contributed by atoms with Crippen molar-refractivity contribution in [3.8, 4) is 34.3 Å². The molecule has 2 aromatic heterocycles. The Bertz CT molecular complexity index is 1360. The molecule has 33 heavy (non-hydrogen) atoms. The quantitative estimate of drug-likeness (QED) is 0.444. The van der Waals surface area contributed by atoms with Gasteiger partial charge in [0.1, 0.15) is 5.69 Å². The van der Waals surface area contributed by atoms with Crippen molar-refractivity contribution in [1.82, 2.24) is 29.8 Å². The molecule has 9 nitrogen and oxygen atoms in total. The summed E-state index contributed by atoms with van der Waals surface area (Å²) in [7, 11) is 1.39. The van der Waals surface area contributed by atoms with Crippen LogP contribution in [0.2, 0.25) is 0 Å². The Labute approximate surface area is 192 Å². The summed E-state index contributed by atoms with van der Waals surface area (Å²) in [6.07, 6.45) is 1.63. The Hall–Kier alpha value is -3.47. The van der Waals surface area contributed by atoms with Crippen molar-refractivity contribution in [2.24, 2.45) is 0 Å². The van der Waals surface area contributed by atoms with Crippen LogP contribution >= 0.6 is 0 Å². The van der Waals surface area contributed by atoms with Gasteiger partial charge in [0.2, 0.25) is 15.9 Å². The summed E-state index contributed by atoms with van der Waals surface area (Å²) in [5, 5.41) is 11.4. The van der Waals surface area contributed by atoms with E-state index in [-0.39, 0.29) is 10.8 Å². The molecule has 1 N–H and O–H groups in total. The van der Waals surface area contributed by atoms with E-state index in [9.17, 15) is 8.42 Å². The molecule has 0 saturated carbocycles. The van der Waals surface area contributed by atoms with Gasteiger partial charge in [0.15, 0.2) is 0 Å². The summed E-state index contributed by atoms with van der Waals surface area (Å²) in [6.45, 7) is 2.59. The lowest BCUT2D eigenvalue weighted by Gasteiger charge is -2.11. The number of rotatable bonds is 7. The number of benzene rings is 2. The largest absolute Gasteiger partial charge is 0.415 e. The second kappa shape index (κ2) is 9.18. The Morgan fingerprint density at radius 1 is 0.939 bits per heavy atom. The highest BCUT2D eigenvalue weighted by molar-refractivity contribution is 7.89. The fraction of sp³-hybridized carbons (Fsp3) is 0.217. The van der Waals surface area contributed by atoms with E-state index in [1.54, 1.807) is 30.5 Å². The highest BCUT2D eigenvalue weighted by atomic mass is 32.2. The number of hydrogen-bond donors (Lipinski definition) is 1. The molecule has 4 aromatic rings. The number of nitrogens with one attached hydrogen (secondary N) is 1. The summed E-state index contributed by atoms with van der Waals surface area (Å²) in [6, 6.07) is 14.4. The molecule has 0 radical (unpaired) electrons. The van der Waals surface area contributed by atoms with Crippen molar-refractivity contribution in [1.29, 1.82) is 0 Å². The molecular weight excluding hydrogens is 440 g/mol. The third-order valence-electron chi connectivity index (χ3n) is 5.09. The smallest absolute Gasteiger partial charge is 0.268 e.